The predicted octanol–water partition coefficient (Wildman–Crippen LogP) is 4.81. The lowest BCUT2D eigenvalue weighted by Crippen LogP contribution is -2.16. The van der Waals surface area contributed by atoms with Crippen LogP contribution in [-0.4, -0.2) is 17.3 Å². The maximum Gasteiger partial charge on any atom is 0.573 e. The second kappa shape index (κ2) is 5.88. The van der Waals surface area contributed by atoms with Gasteiger partial charge in [-0.1, -0.05) is 29.8 Å². The van der Waals surface area contributed by atoms with E-state index in [-0.39, 0.29) is 27.9 Å². The Morgan fingerprint density at radius 1 is 1.14 bits per heavy atom. The maximum absolute atomic E-state index is 12.1. The standard InChI is InChI=1S/C15H10ClF3O3/c1-8(20)11-6-7-12(13(16)14(11)21)9-2-4-10(5-3-9)22-15(17,18)19/h2-7,21H,1H3. The molecule has 0 radical (unpaired) electrons. The number of phenolic OH excluding ortho intramolecular Hbond substituents is 1. The van der Waals surface area contributed by atoms with Gasteiger partial charge in [-0.3, -0.25) is 4.79 Å². The normalized spacial score (nSPS) is 11.3. The summed E-state index contributed by atoms with van der Waals surface area (Å²) in [6.45, 7) is 1.29. The van der Waals surface area contributed by atoms with Gasteiger partial charge in [-0.05, 0) is 30.7 Å². The molecule has 0 saturated carbocycles. The van der Waals surface area contributed by atoms with Crippen LogP contribution >= 0.6 is 11.6 Å². The first-order valence-electron chi connectivity index (χ1n) is 6.07. The number of ketones is 1. The van der Waals surface area contributed by atoms with E-state index in [0.717, 1.165) is 12.1 Å². The molecule has 0 aliphatic heterocycles. The van der Waals surface area contributed by atoms with Gasteiger partial charge >= 0.3 is 6.36 Å². The number of carbonyl (C=O) groups is 1. The molecule has 3 nitrogen and oxygen atoms in total. The van der Waals surface area contributed by atoms with Crippen LogP contribution in [-0.2, 0) is 0 Å². The molecule has 2 aromatic carbocycles. The van der Waals surface area contributed by atoms with Gasteiger partial charge in [0, 0.05) is 5.56 Å². The van der Waals surface area contributed by atoms with Gasteiger partial charge in [0.2, 0.25) is 0 Å². The number of carbonyl (C=O) groups excluding carboxylic acids is 1. The summed E-state index contributed by atoms with van der Waals surface area (Å²) in [5, 5.41) is 9.85. The van der Waals surface area contributed by atoms with Crippen LogP contribution in [0.5, 0.6) is 11.5 Å². The van der Waals surface area contributed by atoms with Gasteiger partial charge in [0.1, 0.15) is 11.5 Å². The van der Waals surface area contributed by atoms with E-state index in [1.165, 1.54) is 31.2 Å². The molecule has 0 saturated heterocycles. The van der Waals surface area contributed by atoms with Crippen LogP contribution in [0.4, 0.5) is 13.2 Å². The summed E-state index contributed by atoms with van der Waals surface area (Å²) in [7, 11) is 0. The molecule has 7 heteroatoms. The van der Waals surface area contributed by atoms with E-state index >= 15 is 0 Å². The molecule has 22 heavy (non-hydrogen) atoms. The summed E-state index contributed by atoms with van der Waals surface area (Å²) in [4.78, 5) is 11.3. The van der Waals surface area contributed by atoms with Crippen molar-refractivity contribution in [2.24, 2.45) is 0 Å². The third kappa shape index (κ3) is 3.51. The van der Waals surface area contributed by atoms with Crippen molar-refractivity contribution in [1.29, 1.82) is 0 Å². The molecule has 2 aromatic rings. The van der Waals surface area contributed by atoms with Gasteiger partial charge in [-0.25, -0.2) is 0 Å². The lowest BCUT2D eigenvalue weighted by atomic mass is 10.0. The summed E-state index contributed by atoms with van der Waals surface area (Å²) < 4.78 is 40.1. The van der Waals surface area contributed by atoms with Crippen LogP contribution in [0.2, 0.25) is 5.02 Å². The van der Waals surface area contributed by atoms with Crippen molar-refractivity contribution in [3.63, 3.8) is 0 Å². The Bertz CT molecular complexity index is 709. The zero-order valence-electron chi connectivity index (χ0n) is 11.2. The highest BCUT2D eigenvalue weighted by Gasteiger charge is 2.31. The Labute approximate surface area is 128 Å². The lowest BCUT2D eigenvalue weighted by molar-refractivity contribution is -0.274. The monoisotopic (exact) mass is 330 g/mol. The Kier molecular flexibility index (Phi) is 4.32. The minimum atomic E-state index is -4.76. The summed E-state index contributed by atoms with van der Waals surface area (Å²) >= 11 is 6.01. The highest BCUT2D eigenvalue weighted by molar-refractivity contribution is 6.35. The van der Waals surface area contributed by atoms with E-state index in [2.05, 4.69) is 4.74 Å². The van der Waals surface area contributed by atoms with Crippen LogP contribution in [0.15, 0.2) is 36.4 Å². The largest absolute Gasteiger partial charge is 0.573 e. The average Bonchev–Trinajstić information content (AvgIpc) is 2.41. The van der Waals surface area contributed by atoms with Gasteiger partial charge in [0.15, 0.2) is 5.78 Å². The smallest absolute Gasteiger partial charge is 0.506 e. The van der Waals surface area contributed by atoms with E-state index < -0.39 is 6.36 Å². The van der Waals surface area contributed by atoms with Crippen molar-refractivity contribution in [2.45, 2.75) is 13.3 Å². The number of alkyl halides is 3. The van der Waals surface area contributed by atoms with E-state index in [0.29, 0.717) is 11.1 Å². The Hall–Kier alpha value is -2.21. The molecule has 0 aliphatic rings. The fourth-order valence-corrected chi connectivity index (χ4v) is 2.18. The Morgan fingerprint density at radius 3 is 2.23 bits per heavy atom. The molecule has 0 aliphatic carbocycles. The summed E-state index contributed by atoms with van der Waals surface area (Å²) in [5.41, 5.74) is 0.943. The number of phenols is 1. The minimum Gasteiger partial charge on any atom is -0.506 e. The van der Waals surface area contributed by atoms with Gasteiger partial charge in [-0.2, -0.15) is 0 Å². The Balaban J connectivity index is 2.37. The lowest BCUT2D eigenvalue weighted by Gasteiger charge is -2.11. The number of hydrogen-bond acceptors (Lipinski definition) is 3. The number of halogens is 4. The van der Waals surface area contributed by atoms with Crippen molar-refractivity contribution in [2.75, 3.05) is 0 Å². The van der Waals surface area contributed by atoms with E-state index in [9.17, 15) is 23.1 Å². The number of rotatable bonds is 3. The van der Waals surface area contributed by atoms with Crippen molar-refractivity contribution >= 4 is 17.4 Å². The van der Waals surface area contributed by atoms with Crippen LogP contribution in [0.25, 0.3) is 11.1 Å². The van der Waals surface area contributed by atoms with Crippen molar-refractivity contribution in [3.8, 4) is 22.6 Å². The summed E-state index contributed by atoms with van der Waals surface area (Å²) in [6.07, 6.45) is -4.76. The molecule has 0 bridgehead atoms. The second-order valence-corrected chi connectivity index (χ2v) is 4.83. The molecule has 0 amide bonds. The van der Waals surface area contributed by atoms with Gasteiger partial charge in [0.25, 0.3) is 0 Å². The first-order chi connectivity index (χ1) is 10.2. The Morgan fingerprint density at radius 2 is 1.73 bits per heavy atom. The number of aromatic hydroxyl groups is 1. The zero-order chi connectivity index (χ0) is 16.5. The quantitative estimate of drug-likeness (QED) is 0.821. The summed E-state index contributed by atoms with van der Waals surface area (Å²) in [5.74, 6) is -1.07. The van der Waals surface area contributed by atoms with Gasteiger partial charge in [-0.15, -0.1) is 13.2 Å². The highest BCUT2D eigenvalue weighted by atomic mass is 35.5. The molecule has 0 atom stereocenters. The van der Waals surface area contributed by atoms with Crippen molar-refractivity contribution < 1.29 is 27.8 Å². The number of Topliss-reactive ketones (excluding diaryl/α,β-unsaturated/α-hetero) is 1. The second-order valence-electron chi connectivity index (χ2n) is 4.45. The number of benzene rings is 2. The van der Waals surface area contributed by atoms with Crippen LogP contribution in [0, 0.1) is 0 Å². The highest BCUT2D eigenvalue weighted by Crippen LogP contribution is 2.38. The van der Waals surface area contributed by atoms with Gasteiger partial charge in [0.05, 0.1) is 10.6 Å². The average molecular weight is 331 g/mol. The zero-order valence-corrected chi connectivity index (χ0v) is 12.0. The fourth-order valence-electron chi connectivity index (χ4n) is 1.91. The van der Waals surface area contributed by atoms with Gasteiger partial charge < -0.3 is 9.84 Å². The topological polar surface area (TPSA) is 46.5 Å². The van der Waals surface area contributed by atoms with E-state index in [1.54, 1.807) is 0 Å². The molecule has 0 spiro atoms. The van der Waals surface area contributed by atoms with Crippen molar-refractivity contribution in [1.82, 2.24) is 0 Å². The molecule has 2 rings (SSSR count). The SMILES string of the molecule is CC(=O)c1ccc(-c2ccc(OC(F)(F)F)cc2)c(Cl)c1O. The molecular formula is C15H10ClF3O3. The molecule has 0 aromatic heterocycles. The molecule has 0 unspecified atom stereocenters. The van der Waals surface area contributed by atoms with Crippen LogP contribution in [0.3, 0.4) is 0 Å². The first-order valence-corrected chi connectivity index (χ1v) is 6.45. The van der Waals surface area contributed by atoms with Crippen LogP contribution < -0.4 is 4.74 Å². The molecule has 1 N–H and O–H groups in total. The van der Waals surface area contributed by atoms with E-state index in [1.807, 2.05) is 0 Å². The third-order valence-electron chi connectivity index (χ3n) is 2.89. The predicted molar refractivity (Wildman–Crippen MR) is 75.2 cm³/mol. The number of ether oxygens (including phenoxy) is 1. The maximum atomic E-state index is 12.1. The van der Waals surface area contributed by atoms with Crippen molar-refractivity contribution in [3.05, 3.63) is 47.0 Å². The van der Waals surface area contributed by atoms with E-state index in [4.69, 9.17) is 11.6 Å². The molecule has 116 valence electrons. The number of hydrogen-bond donors (Lipinski definition) is 1. The summed E-state index contributed by atoms with van der Waals surface area (Å²) in [6, 6.07) is 7.92. The third-order valence-corrected chi connectivity index (χ3v) is 3.28. The fraction of sp³-hybridized carbons (Fsp3) is 0.133. The minimum absolute atomic E-state index is 0.0443. The first kappa shape index (κ1) is 16.2. The molecule has 0 fully saturated rings. The van der Waals surface area contributed by atoms with Crippen LogP contribution in [0.1, 0.15) is 17.3 Å². The molecular weight excluding hydrogens is 321 g/mol. The molecule has 0 heterocycles.